The van der Waals surface area contributed by atoms with Crippen LogP contribution in [0.1, 0.15) is 17.2 Å². The molecule has 2 N–H and O–H groups in total. The summed E-state index contributed by atoms with van der Waals surface area (Å²) in [6, 6.07) is 9.58. The average Bonchev–Trinajstić information content (AvgIpc) is 3.10. The maximum atomic E-state index is 14.0. The number of hydrogen-bond donors (Lipinski definition) is 2. The molecule has 8 heteroatoms. The lowest BCUT2D eigenvalue weighted by Crippen LogP contribution is -2.50. The highest BCUT2D eigenvalue weighted by Gasteiger charge is 2.47. The summed E-state index contributed by atoms with van der Waals surface area (Å²) < 4.78 is 32.2. The Morgan fingerprint density at radius 1 is 1.14 bits per heavy atom. The lowest BCUT2D eigenvalue weighted by atomic mass is 9.89. The number of nitrogens with zero attached hydrogens (tertiary/aromatic N) is 2. The van der Waals surface area contributed by atoms with E-state index >= 15 is 0 Å². The van der Waals surface area contributed by atoms with Crippen LogP contribution in [0.2, 0.25) is 0 Å². The number of aliphatic hydroxyl groups excluding tert-OH is 1. The third kappa shape index (κ3) is 3.56. The number of ether oxygens (including phenoxy) is 1. The van der Waals surface area contributed by atoms with Gasteiger partial charge in [0.25, 0.3) is 5.91 Å². The van der Waals surface area contributed by atoms with Gasteiger partial charge in [0.15, 0.2) is 11.6 Å². The highest BCUT2D eigenvalue weighted by Crippen LogP contribution is 2.36. The third-order valence-electron chi connectivity index (χ3n) is 5.37. The molecule has 0 aromatic heterocycles. The molecule has 6 nitrogen and oxygen atoms in total. The van der Waals surface area contributed by atoms with E-state index in [0.717, 1.165) is 5.56 Å². The minimum absolute atomic E-state index is 0.142. The second kappa shape index (κ2) is 7.81. The largest absolute Gasteiger partial charge is 0.494 e. The fourth-order valence-corrected chi connectivity index (χ4v) is 3.89. The standard InChI is InChI=1S/C21H21F2N3O3/c1-29-18-7-2-13(10-17(18)23)11-25-8-9-26-20(21(25)28)16(12-27)19(24-26)14-3-5-15(22)6-4-14/h2-10,16,19-20,24,27H,11-12H2,1H3. The zero-order chi connectivity index (χ0) is 20.5. The van der Waals surface area contributed by atoms with Gasteiger partial charge < -0.3 is 19.8 Å². The van der Waals surface area contributed by atoms with Gasteiger partial charge in [-0.25, -0.2) is 14.2 Å². The van der Waals surface area contributed by atoms with E-state index in [1.807, 2.05) is 0 Å². The van der Waals surface area contributed by atoms with Crippen molar-refractivity contribution in [3.05, 3.63) is 77.6 Å². The van der Waals surface area contributed by atoms with Crippen LogP contribution >= 0.6 is 0 Å². The quantitative estimate of drug-likeness (QED) is 0.805. The molecule has 3 atom stereocenters. The zero-order valence-corrected chi connectivity index (χ0v) is 15.8. The highest BCUT2D eigenvalue weighted by molar-refractivity contribution is 5.84. The van der Waals surface area contributed by atoms with E-state index in [-0.39, 0.29) is 36.7 Å². The van der Waals surface area contributed by atoms with Crippen molar-refractivity contribution < 1.29 is 23.4 Å². The number of hydrazine groups is 1. The molecular formula is C21H21F2N3O3. The summed E-state index contributed by atoms with van der Waals surface area (Å²) in [5.74, 6) is -1.33. The average molecular weight is 401 g/mol. The van der Waals surface area contributed by atoms with Crippen molar-refractivity contribution in [2.24, 2.45) is 5.92 Å². The lowest BCUT2D eigenvalue weighted by Gasteiger charge is -2.33. The zero-order valence-electron chi connectivity index (χ0n) is 15.8. The second-order valence-corrected chi connectivity index (χ2v) is 7.09. The van der Waals surface area contributed by atoms with Crippen LogP contribution in [0.25, 0.3) is 0 Å². The molecule has 0 radical (unpaired) electrons. The Balaban J connectivity index is 1.55. The van der Waals surface area contributed by atoms with Gasteiger partial charge in [-0.15, -0.1) is 0 Å². The van der Waals surface area contributed by atoms with Gasteiger partial charge in [-0.3, -0.25) is 4.79 Å². The van der Waals surface area contributed by atoms with E-state index in [0.29, 0.717) is 5.56 Å². The molecule has 29 heavy (non-hydrogen) atoms. The summed E-state index contributed by atoms with van der Waals surface area (Å²) in [5.41, 5.74) is 4.61. The normalized spacial score (nSPS) is 23.4. The first-order chi connectivity index (χ1) is 14.0. The van der Waals surface area contributed by atoms with Gasteiger partial charge in [-0.2, -0.15) is 0 Å². The number of methoxy groups -OCH3 is 1. The first kappa shape index (κ1) is 19.4. The Kier molecular flexibility index (Phi) is 5.21. The fourth-order valence-electron chi connectivity index (χ4n) is 3.89. The van der Waals surface area contributed by atoms with Crippen molar-refractivity contribution in [1.82, 2.24) is 15.3 Å². The van der Waals surface area contributed by atoms with E-state index in [1.165, 1.54) is 36.3 Å². The van der Waals surface area contributed by atoms with E-state index in [1.54, 1.807) is 35.6 Å². The Hall–Kier alpha value is -2.97. The number of aliphatic hydroxyl groups is 1. The molecule has 2 aromatic carbocycles. The van der Waals surface area contributed by atoms with Crippen LogP contribution in [0.4, 0.5) is 8.78 Å². The van der Waals surface area contributed by atoms with E-state index in [9.17, 15) is 18.7 Å². The number of benzene rings is 2. The molecule has 2 aromatic rings. The number of nitrogens with one attached hydrogen (secondary N) is 1. The summed E-state index contributed by atoms with van der Waals surface area (Å²) in [6.07, 6.45) is 3.34. The van der Waals surface area contributed by atoms with Crippen molar-refractivity contribution in [3.63, 3.8) is 0 Å². The molecule has 0 aliphatic carbocycles. The number of carbonyl (C=O) groups is 1. The molecule has 1 amide bonds. The van der Waals surface area contributed by atoms with Gasteiger partial charge >= 0.3 is 0 Å². The summed E-state index contributed by atoms with van der Waals surface area (Å²) in [6.45, 7) is -0.0270. The number of rotatable bonds is 5. The first-order valence-electron chi connectivity index (χ1n) is 9.24. The summed E-state index contributed by atoms with van der Waals surface area (Å²) in [7, 11) is 1.39. The van der Waals surface area contributed by atoms with Crippen molar-refractivity contribution in [2.75, 3.05) is 13.7 Å². The van der Waals surface area contributed by atoms with Crippen LogP contribution in [-0.4, -0.2) is 40.7 Å². The van der Waals surface area contributed by atoms with Gasteiger partial charge in [0.2, 0.25) is 0 Å². The molecule has 2 heterocycles. The molecule has 0 bridgehead atoms. The van der Waals surface area contributed by atoms with Crippen LogP contribution in [0.15, 0.2) is 54.9 Å². The third-order valence-corrected chi connectivity index (χ3v) is 5.37. The molecule has 4 rings (SSSR count). The van der Waals surface area contributed by atoms with Crippen molar-refractivity contribution in [2.45, 2.75) is 18.6 Å². The molecule has 1 saturated heterocycles. The van der Waals surface area contributed by atoms with E-state index in [2.05, 4.69) is 5.43 Å². The monoisotopic (exact) mass is 401 g/mol. The molecule has 3 unspecified atom stereocenters. The maximum Gasteiger partial charge on any atom is 0.251 e. The van der Waals surface area contributed by atoms with Crippen molar-refractivity contribution >= 4 is 5.91 Å². The van der Waals surface area contributed by atoms with Crippen LogP contribution in [0, 0.1) is 17.6 Å². The second-order valence-electron chi connectivity index (χ2n) is 7.09. The van der Waals surface area contributed by atoms with Crippen LogP contribution in [0.5, 0.6) is 5.75 Å². The van der Waals surface area contributed by atoms with E-state index in [4.69, 9.17) is 4.74 Å². The molecular weight excluding hydrogens is 380 g/mol. The topological polar surface area (TPSA) is 65.0 Å². The Morgan fingerprint density at radius 3 is 2.55 bits per heavy atom. The Morgan fingerprint density at radius 2 is 1.90 bits per heavy atom. The fraction of sp³-hybridized carbons (Fsp3) is 0.286. The minimum atomic E-state index is -0.622. The Bertz CT molecular complexity index is 935. The van der Waals surface area contributed by atoms with Crippen LogP contribution in [-0.2, 0) is 11.3 Å². The molecule has 1 fully saturated rings. The van der Waals surface area contributed by atoms with Gasteiger partial charge in [-0.1, -0.05) is 18.2 Å². The van der Waals surface area contributed by atoms with Gasteiger partial charge in [0.05, 0.1) is 26.3 Å². The number of halogens is 2. The lowest BCUT2D eigenvalue weighted by molar-refractivity contribution is -0.136. The molecule has 0 spiro atoms. The van der Waals surface area contributed by atoms with Crippen molar-refractivity contribution in [1.29, 1.82) is 0 Å². The van der Waals surface area contributed by atoms with Gasteiger partial charge in [0, 0.05) is 18.3 Å². The highest BCUT2D eigenvalue weighted by atomic mass is 19.1. The van der Waals surface area contributed by atoms with Crippen molar-refractivity contribution in [3.8, 4) is 5.75 Å². The predicted molar refractivity (Wildman–Crippen MR) is 101 cm³/mol. The van der Waals surface area contributed by atoms with Crippen LogP contribution in [0.3, 0.4) is 0 Å². The Labute approximate surface area is 167 Å². The van der Waals surface area contributed by atoms with Crippen LogP contribution < -0.4 is 10.2 Å². The number of hydrogen-bond acceptors (Lipinski definition) is 5. The maximum absolute atomic E-state index is 14.0. The SMILES string of the molecule is COc1ccc(CN2C=CN3NC(c4ccc(F)cc4)C(CO)C3C2=O)cc1F. The molecule has 152 valence electrons. The van der Waals surface area contributed by atoms with Gasteiger partial charge in [0.1, 0.15) is 11.9 Å². The smallest absolute Gasteiger partial charge is 0.251 e. The first-order valence-corrected chi connectivity index (χ1v) is 9.24. The molecule has 2 aliphatic rings. The molecule has 0 saturated carbocycles. The van der Waals surface area contributed by atoms with E-state index < -0.39 is 17.8 Å². The minimum Gasteiger partial charge on any atom is -0.494 e. The summed E-state index contributed by atoms with van der Waals surface area (Å²) in [5, 5.41) is 11.6. The van der Waals surface area contributed by atoms with Gasteiger partial charge in [-0.05, 0) is 35.4 Å². The number of carbonyl (C=O) groups excluding carboxylic acids is 1. The molecule has 2 aliphatic heterocycles. The number of amides is 1. The number of fused-ring (bicyclic) bond motifs is 1. The summed E-state index contributed by atoms with van der Waals surface area (Å²) in [4.78, 5) is 14.6. The predicted octanol–water partition coefficient (Wildman–Crippen LogP) is 2.33. The summed E-state index contributed by atoms with van der Waals surface area (Å²) >= 11 is 0.